The van der Waals surface area contributed by atoms with Crippen LogP contribution in [0.15, 0.2) is 53.9 Å². The van der Waals surface area contributed by atoms with E-state index in [-0.39, 0.29) is 19.0 Å². The van der Waals surface area contributed by atoms with Gasteiger partial charge in [-0.05, 0) is 29.8 Å². The van der Waals surface area contributed by atoms with Gasteiger partial charge in [0.05, 0.1) is 19.2 Å². The van der Waals surface area contributed by atoms with Crippen LogP contribution in [-0.4, -0.2) is 18.1 Å². The predicted molar refractivity (Wildman–Crippen MR) is 99.1 cm³/mol. The summed E-state index contributed by atoms with van der Waals surface area (Å²) in [5.74, 6) is 0.423. The second kappa shape index (κ2) is 8.14. The quantitative estimate of drug-likeness (QED) is 0.584. The number of benzene rings is 2. The second-order valence-corrected chi connectivity index (χ2v) is 6.63. The maximum absolute atomic E-state index is 12.0. The zero-order chi connectivity index (χ0) is 17.6. The molecule has 0 N–H and O–H groups in total. The van der Waals surface area contributed by atoms with Crippen molar-refractivity contribution in [3.8, 4) is 16.3 Å². The number of aromatic nitrogens is 1. The van der Waals surface area contributed by atoms with Crippen LogP contribution in [0.5, 0.6) is 5.75 Å². The molecule has 0 amide bonds. The molecule has 6 heteroatoms. The fraction of sp³-hybridized carbons (Fsp3) is 0.158. The number of ether oxygens (including phenoxy) is 2. The summed E-state index contributed by atoms with van der Waals surface area (Å²) >= 11 is 7.40. The minimum absolute atomic E-state index is 0.160. The van der Waals surface area contributed by atoms with Gasteiger partial charge in [-0.1, -0.05) is 35.9 Å². The van der Waals surface area contributed by atoms with Gasteiger partial charge in [0.2, 0.25) is 0 Å². The number of thiazole rings is 1. The fourth-order valence-corrected chi connectivity index (χ4v) is 3.19. The fourth-order valence-electron chi connectivity index (χ4n) is 2.25. The van der Waals surface area contributed by atoms with Crippen molar-refractivity contribution in [1.82, 2.24) is 4.98 Å². The van der Waals surface area contributed by atoms with Gasteiger partial charge in [-0.3, -0.25) is 4.79 Å². The molecule has 1 aromatic heterocycles. The number of carbonyl (C=O) groups is 1. The van der Waals surface area contributed by atoms with Crippen LogP contribution >= 0.6 is 22.9 Å². The van der Waals surface area contributed by atoms with E-state index in [1.54, 1.807) is 7.11 Å². The molecule has 0 aliphatic heterocycles. The first-order chi connectivity index (χ1) is 12.1. The molecule has 0 aliphatic carbocycles. The number of hydrogen-bond donors (Lipinski definition) is 0. The Morgan fingerprint density at radius 1 is 1.20 bits per heavy atom. The molecular weight excluding hydrogens is 358 g/mol. The van der Waals surface area contributed by atoms with Gasteiger partial charge in [-0.15, -0.1) is 11.3 Å². The second-order valence-electron chi connectivity index (χ2n) is 5.34. The molecule has 0 fully saturated rings. The van der Waals surface area contributed by atoms with Crippen LogP contribution in [0, 0.1) is 0 Å². The van der Waals surface area contributed by atoms with E-state index >= 15 is 0 Å². The van der Waals surface area contributed by atoms with Crippen LogP contribution in [0.1, 0.15) is 11.3 Å². The zero-order valence-electron chi connectivity index (χ0n) is 13.6. The number of hydrogen-bond acceptors (Lipinski definition) is 5. The summed E-state index contributed by atoms with van der Waals surface area (Å²) in [5, 5.41) is 3.45. The van der Waals surface area contributed by atoms with E-state index in [1.807, 2.05) is 53.9 Å². The molecule has 1 heterocycles. The first kappa shape index (κ1) is 17.5. The van der Waals surface area contributed by atoms with Crippen LogP contribution in [0.3, 0.4) is 0 Å². The molecule has 128 valence electrons. The van der Waals surface area contributed by atoms with Crippen molar-refractivity contribution in [2.24, 2.45) is 0 Å². The van der Waals surface area contributed by atoms with E-state index in [0.717, 1.165) is 27.6 Å². The minimum atomic E-state index is -0.297. The first-order valence-electron chi connectivity index (χ1n) is 7.63. The van der Waals surface area contributed by atoms with Crippen molar-refractivity contribution in [2.75, 3.05) is 7.11 Å². The number of nitrogens with zero attached hydrogens (tertiary/aromatic N) is 1. The Bertz CT molecular complexity index is 861. The molecule has 0 aliphatic rings. The van der Waals surface area contributed by atoms with Crippen molar-refractivity contribution in [3.63, 3.8) is 0 Å². The number of methoxy groups -OCH3 is 1. The molecule has 25 heavy (non-hydrogen) atoms. The highest BCUT2D eigenvalue weighted by atomic mass is 35.5. The predicted octanol–water partition coefficient (Wildman–Crippen LogP) is 4.76. The Morgan fingerprint density at radius 2 is 2.00 bits per heavy atom. The van der Waals surface area contributed by atoms with Gasteiger partial charge in [-0.25, -0.2) is 4.98 Å². The summed E-state index contributed by atoms with van der Waals surface area (Å²) in [6.07, 6.45) is 0.200. The van der Waals surface area contributed by atoms with Gasteiger partial charge in [0.25, 0.3) is 0 Å². The summed E-state index contributed by atoms with van der Waals surface area (Å²) in [6, 6.07) is 14.9. The average Bonchev–Trinajstić information content (AvgIpc) is 3.10. The van der Waals surface area contributed by atoms with Crippen LogP contribution < -0.4 is 4.74 Å². The third kappa shape index (κ3) is 4.81. The monoisotopic (exact) mass is 373 g/mol. The van der Waals surface area contributed by atoms with Crippen LogP contribution in [0.2, 0.25) is 5.02 Å². The molecule has 4 nitrogen and oxygen atoms in total. The van der Waals surface area contributed by atoms with Crippen molar-refractivity contribution < 1.29 is 14.3 Å². The summed E-state index contributed by atoms with van der Waals surface area (Å²) in [4.78, 5) is 16.5. The molecule has 0 atom stereocenters. The highest BCUT2D eigenvalue weighted by Gasteiger charge is 2.09. The Labute approximate surface area is 155 Å². The van der Waals surface area contributed by atoms with Crippen LogP contribution in [0.4, 0.5) is 0 Å². The summed E-state index contributed by atoms with van der Waals surface area (Å²) in [6.45, 7) is 0.160. The lowest BCUT2D eigenvalue weighted by Gasteiger charge is -2.05. The maximum Gasteiger partial charge on any atom is 0.310 e. The van der Waals surface area contributed by atoms with Crippen molar-refractivity contribution >= 4 is 28.9 Å². The van der Waals surface area contributed by atoms with E-state index in [0.29, 0.717) is 5.02 Å². The molecule has 0 bridgehead atoms. The highest BCUT2D eigenvalue weighted by molar-refractivity contribution is 7.13. The van der Waals surface area contributed by atoms with E-state index in [9.17, 15) is 4.79 Å². The first-order valence-corrected chi connectivity index (χ1v) is 8.89. The Hall–Kier alpha value is -2.37. The Kier molecular flexibility index (Phi) is 5.68. The average molecular weight is 374 g/mol. The number of esters is 1. The van der Waals surface area contributed by atoms with E-state index in [1.165, 1.54) is 11.3 Å². The van der Waals surface area contributed by atoms with Crippen molar-refractivity contribution in [3.05, 3.63) is 70.2 Å². The largest absolute Gasteiger partial charge is 0.497 e. The van der Waals surface area contributed by atoms with Crippen LogP contribution in [0.25, 0.3) is 10.6 Å². The molecular formula is C19H16ClNO3S. The maximum atomic E-state index is 12.0. The molecule has 0 saturated carbocycles. The van der Waals surface area contributed by atoms with Gasteiger partial charge in [0.15, 0.2) is 0 Å². The molecule has 0 radical (unpaired) electrons. The van der Waals surface area contributed by atoms with Gasteiger partial charge in [0.1, 0.15) is 17.4 Å². The Morgan fingerprint density at radius 3 is 2.76 bits per heavy atom. The molecule has 0 unspecified atom stereocenters. The van der Waals surface area contributed by atoms with Gasteiger partial charge >= 0.3 is 5.97 Å². The van der Waals surface area contributed by atoms with E-state index in [2.05, 4.69) is 4.98 Å². The van der Waals surface area contributed by atoms with Crippen molar-refractivity contribution in [2.45, 2.75) is 13.0 Å². The normalized spacial score (nSPS) is 10.5. The number of carbonyl (C=O) groups excluding carboxylic acids is 1. The van der Waals surface area contributed by atoms with E-state index in [4.69, 9.17) is 21.1 Å². The van der Waals surface area contributed by atoms with Gasteiger partial charge in [-0.2, -0.15) is 0 Å². The van der Waals surface area contributed by atoms with Gasteiger partial charge in [0, 0.05) is 16.0 Å². The zero-order valence-corrected chi connectivity index (χ0v) is 15.1. The minimum Gasteiger partial charge on any atom is -0.497 e. The standard InChI is InChI=1S/C19H16ClNO3S/c1-23-17-4-2-3-13(9-17)10-18(22)24-11-16-12-25-19(21-16)14-5-7-15(20)8-6-14/h2-9,12H,10-11H2,1H3. The topological polar surface area (TPSA) is 48.4 Å². The number of halogens is 1. The number of rotatable bonds is 6. The highest BCUT2D eigenvalue weighted by Crippen LogP contribution is 2.25. The summed E-state index contributed by atoms with van der Waals surface area (Å²) in [7, 11) is 1.60. The van der Waals surface area contributed by atoms with E-state index < -0.39 is 0 Å². The van der Waals surface area contributed by atoms with Crippen molar-refractivity contribution in [1.29, 1.82) is 0 Å². The van der Waals surface area contributed by atoms with Crippen LogP contribution in [-0.2, 0) is 22.6 Å². The summed E-state index contributed by atoms with van der Waals surface area (Å²) in [5.41, 5.74) is 2.57. The third-order valence-electron chi connectivity index (χ3n) is 3.51. The third-order valence-corrected chi connectivity index (χ3v) is 4.70. The summed E-state index contributed by atoms with van der Waals surface area (Å²) < 4.78 is 10.5. The SMILES string of the molecule is COc1cccc(CC(=O)OCc2csc(-c3ccc(Cl)cc3)n2)c1. The molecule has 3 rings (SSSR count). The molecule has 0 spiro atoms. The smallest absolute Gasteiger partial charge is 0.310 e. The lowest BCUT2D eigenvalue weighted by molar-refractivity contribution is -0.144. The lowest BCUT2D eigenvalue weighted by atomic mass is 10.1. The Balaban J connectivity index is 1.56. The van der Waals surface area contributed by atoms with Gasteiger partial charge < -0.3 is 9.47 Å². The molecule has 2 aromatic carbocycles. The molecule has 3 aromatic rings. The molecule has 0 saturated heterocycles. The lowest BCUT2D eigenvalue weighted by Crippen LogP contribution is -2.08.